The van der Waals surface area contributed by atoms with Crippen LogP contribution in [0, 0.1) is 0 Å². The maximum Gasteiger partial charge on any atom is 0.145 e. The number of nitrogens with zero attached hydrogens (tertiary/aromatic N) is 4. The van der Waals surface area contributed by atoms with Gasteiger partial charge < -0.3 is 4.74 Å². The van der Waals surface area contributed by atoms with E-state index in [1.54, 1.807) is 0 Å². The van der Waals surface area contributed by atoms with Gasteiger partial charge in [0.15, 0.2) is 0 Å². The monoisotopic (exact) mass is 624 g/mol. The minimum absolute atomic E-state index is 0.248. The van der Waals surface area contributed by atoms with Crippen LogP contribution in [0.25, 0.3) is 47.5 Å². The average molecular weight is 625 g/mol. The summed E-state index contributed by atoms with van der Waals surface area (Å²) in [6, 6.07) is 40.8. The fourth-order valence-corrected chi connectivity index (χ4v) is 8.61. The molecule has 224 valence electrons. The number of pyridine rings is 2. The first kappa shape index (κ1) is 26.5. The number of anilines is 3. The summed E-state index contributed by atoms with van der Waals surface area (Å²) in [4.78, 5) is 11.9. The Morgan fingerprint density at radius 1 is 0.596 bits per heavy atom. The Morgan fingerprint density at radius 3 is 2.28 bits per heavy atom. The molecule has 10 rings (SSSR count). The number of para-hydroxylation sites is 1. The first-order valence-corrected chi connectivity index (χ1v) is 16.6. The lowest BCUT2D eigenvalue weighted by atomic mass is 9.73. The molecule has 1 aliphatic rings. The Kier molecular flexibility index (Phi) is 5.44. The number of ether oxygens (including phenoxy) is 1. The van der Waals surface area contributed by atoms with Crippen molar-refractivity contribution < 1.29 is 4.74 Å². The number of fused-ring (bicyclic) bond motifs is 11. The highest BCUT2D eigenvalue weighted by molar-refractivity contribution is 7.25. The van der Waals surface area contributed by atoms with Gasteiger partial charge in [-0.25, -0.2) is 9.97 Å². The molecular formula is C41H28N4OS. The van der Waals surface area contributed by atoms with Crippen molar-refractivity contribution >= 4 is 76.0 Å². The van der Waals surface area contributed by atoms with Crippen LogP contribution >= 0.6 is 11.3 Å². The second kappa shape index (κ2) is 9.64. The largest absolute Gasteiger partial charge is 0.457 e. The summed E-state index contributed by atoms with van der Waals surface area (Å²) in [6.07, 6.45) is 5.74. The van der Waals surface area contributed by atoms with Gasteiger partial charge in [0.05, 0.1) is 16.9 Å². The van der Waals surface area contributed by atoms with E-state index >= 15 is 0 Å². The second-order valence-electron chi connectivity index (χ2n) is 12.7. The van der Waals surface area contributed by atoms with E-state index in [1.165, 1.54) is 36.7 Å². The van der Waals surface area contributed by atoms with E-state index in [4.69, 9.17) is 14.7 Å². The Hall–Kier alpha value is -5.72. The van der Waals surface area contributed by atoms with Crippen molar-refractivity contribution in [3.63, 3.8) is 0 Å². The molecule has 0 radical (unpaired) electrons. The van der Waals surface area contributed by atoms with Crippen LogP contribution in [0.5, 0.6) is 11.5 Å². The fraction of sp³-hybridized carbons (Fsp3) is 0.0732. The molecular weight excluding hydrogens is 597 g/mol. The third-order valence-corrected chi connectivity index (χ3v) is 10.9. The normalized spacial score (nSPS) is 13.9. The van der Waals surface area contributed by atoms with E-state index in [2.05, 4.69) is 132 Å². The minimum atomic E-state index is -0.248. The molecule has 0 atom stereocenters. The van der Waals surface area contributed by atoms with E-state index in [1.807, 2.05) is 36.0 Å². The summed E-state index contributed by atoms with van der Waals surface area (Å²) in [7, 11) is 0. The summed E-state index contributed by atoms with van der Waals surface area (Å²) < 4.78 is 11.4. The molecule has 0 saturated heterocycles. The van der Waals surface area contributed by atoms with Crippen LogP contribution in [0.15, 0.2) is 134 Å². The van der Waals surface area contributed by atoms with Gasteiger partial charge in [-0.1, -0.05) is 62.4 Å². The van der Waals surface area contributed by atoms with Gasteiger partial charge in [-0.2, -0.15) is 0 Å². The standard InChI is InChI=1S/C41H28N4OS/c1-41(2)32-17-15-26(46-25-14-16-27-28-9-3-5-11-34(28)44-20-19-43-40(44)31(27)21-25)22-35(32)45(39-13-7-8-18-42-39)36-24-38-30(23-33(36)41)29-10-4-6-12-37(29)47-38/h3-24H,1-2H3. The first-order valence-electron chi connectivity index (χ1n) is 15.8. The molecule has 0 saturated carbocycles. The van der Waals surface area contributed by atoms with Crippen molar-refractivity contribution in [1.29, 1.82) is 0 Å². The van der Waals surface area contributed by atoms with E-state index in [9.17, 15) is 0 Å². The molecule has 0 amide bonds. The number of thiophene rings is 1. The Labute approximate surface area is 274 Å². The predicted octanol–water partition coefficient (Wildman–Crippen LogP) is 11.3. The molecule has 5 heterocycles. The Morgan fingerprint density at radius 2 is 1.38 bits per heavy atom. The molecule has 0 N–H and O–H groups in total. The third kappa shape index (κ3) is 3.82. The molecule has 0 bridgehead atoms. The van der Waals surface area contributed by atoms with Gasteiger partial charge in [0.25, 0.3) is 0 Å². The summed E-state index contributed by atoms with van der Waals surface area (Å²) in [5.41, 5.74) is 6.54. The molecule has 6 heteroatoms. The van der Waals surface area contributed by atoms with Crippen LogP contribution in [0.2, 0.25) is 0 Å². The van der Waals surface area contributed by atoms with E-state index < -0.39 is 0 Å². The molecule has 1 aliphatic heterocycles. The van der Waals surface area contributed by atoms with Crippen LogP contribution in [-0.4, -0.2) is 14.4 Å². The molecule has 47 heavy (non-hydrogen) atoms. The second-order valence-corrected chi connectivity index (χ2v) is 13.8. The summed E-state index contributed by atoms with van der Waals surface area (Å²) in [5, 5.41) is 6.01. The molecule has 0 aliphatic carbocycles. The topological polar surface area (TPSA) is 42.7 Å². The average Bonchev–Trinajstić information content (AvgIpc) is 3.74. The number of imidazole rings is 1. The number of hydrogen-bond donors (Lipinski definition) is 0. The molecule has 9 aromatic rings. The van der Waals surface area contributed by atoms with Crippen molar-refractivity contribution in [3.05, 3.63) is 145 Å². The van der Waals surface area contributed by atoms with Crippen molar-refractivity contribution in [2.75, 3.05) is 4.90 Å². The Balaban J connectivity index is 1.14. The third-order valence-electron chi connectivity index (χ3n) is 9.73. The zero-order valence-corrected chi connectivity index (χ0v) is 26.6. The van der Waals surface area contributed by atoms with Gasteiger partial charge in [0, 0.05) is 61.0 Å². The quantitative estimate of drug-likeness (QED) is 0.183. The predicted molar refractivity (Wildman–Crippen MR) is 194 cm³/mol. The van der Waals surface area contributed by atoms with Crippen LogP contribution < -0.4 is 9.64 Å². The van der Waals surface area contributed by atoms with Crippen LogP contribution in [0.1, 0.15) is 25.0 Å². The lowest BCUT2D eigenvalue weighted by Crippen LogP contribution is -2.31. The fourth-order valence-electron chi connectivity index (χ4n) is 7.49. The summed E-state index contributed by atoms with van der Waals surface area (Å²) in [6.45, 7) is 4.65. The molecule has 5 nitrogen and oxygen atoms in total. The number of benzene rings is 5. The van der Waals surface area contributed by atoms with E-state index in [0.717, 1.165) is 50.6 Å². The number of hydrogen-bond acceptors (Lipinski definition) is 5. The van der Waals surface area contributed by atoms with Gasteiger partial charge >= 0.3 is 0 Å². The first-order chi connectivity index (χ1) is 23.0. The highest BCUT2D eigenvalue weighted by Gasteiger charge is 2.38. The van der Waals surface area contributed by atoms with Crippen molar-refractivity contribution in [2.45, 2.75) is 19.3 Å². The van der Waals surface area contributed by atoms with Crippen LogP contribution in [0.3, 0.4) is 0 Å². The van der Waals surface area contributed by atoms with Gasteiger partial charge in [-0.3, -0.25) is 9.30 Å². The number of rotatable bonds is 3. The zero-order valence-electron chi connectivity index (χ0n) is 25.8. The lowest BCUT2D eigenvalue weighted by molar-refractivity contribution is 0.482. The van der Waals surface area contributed by atoms with Crippen molar-refractivity contribution in [3.8, 4) is 11.5 Å². The zero-order chi connectivity index (χ0) is 31.3. The van der Waals surface area contributed by atoms with Gasteiger partial charge in [-0.15, -0.1) is 11.3 Å². The smallest absolute Gasteiger partial charge is 0.145 e. The minimum Gasteiger partial charge on any atom is -0.457 e. The number of aromatic nitrogens is 3. The Bertz CT molecular complexity index is 2710. The summed E-state index contributed by atoms with van der Waals surface area (Å²) in [5.74, 6) is 2.42. The molecule has 0 fully saturated rings. The summed E-state index contributed by atoms with van der Waals surface area (Å²) >= 11 is 1.84. The lowest BCUT2D eigenvalue weighted by Gasteiger charge is -2.41. The molecule has 5 aromatic carbocycles. The van der Waals surface area contributed by atoms with Crippen LogP contribution in [-0.2, 0) is 5.41 Å². The van der Waals surface area contributed by atoms with Gasteiger partial charge in [0.1, 0.15) is 23.0 Å². The highest BCUT2D eigenvalue weighted by Crippen LogP contribution is 2.54. The van der Waals surface area contributed by atoms with Crippen LogP contribution in [0.4, 0.5) is 17.2 Å². The van der Waals surface area contributed by atoms with Crippen molar-refractivity contribution in [2.24, 2.45) is 0 Å². The van der Waals surface area contributed by atoms with E-state index in [-0.39, 0.29) is 5.41 Å². The maximum atomic E-state index is 6.66. The van der Waals surface area contributed by atoms with Gasteiger partial charge in [0.2, 0.25) is 0 Å². The molecule has 0 spiro atoms. The highest BCUT2D eigenvalue weighted by atomic mass is 32.1. The SMILES string of the molecule is CC1(C)c2ccc(Oc3ccc4c5ccccc5n5ccnc5c4c3)cc2N(c2ccccn2)c2cc3sc4ccccc4c3cc21. The van der Waals surface area contributed by atoms with E-state index in [0.29, 0.717) is 0 Å². The van der Waals surface area contributed by atoms with Crippen molar-refractivity contribution in [1.82, 2.24) is 14.4 Å². The molecule has 4 aromatic heterocycles. The molecule has 0 unspecified atom stereocenters. The van der Waals surface area contributed by atoms with Gasteiger partial charge in [-0.05, 0) is 77.2 Å². The maximum absolute atomic E-state index is 6.66.